The van der Waals surface area contributed by atoms with E-state index in [4.69, 9.17) is 22.1 Å². The Morgan fingerprint density at radius 2 is 1.95 bits per heavy atom. The van der Waals surface area contributed by atoms with Gasteiger partial charge in [0.1, 0.15) is 11.5 Å². The molecule has 2 aromatic rings. The lowest BCUT2D eigenvalue weighted by molar-refractivity contribution is 0.397. The average Bonchev–Trinajstić information content (AvgIpc) is 2.48. The molecule has 0 saturated carbocycles. The maximum absolute atomic E-state index is 5.97. The van der Waals surface area contributed by atoms with Gasteiger partial charge in [0.15, 0.2) is 5.82 Å². The molecule has 0 unspecified atom stereocenters. The Morgan fingerprint density at radius 1 is 1.25 bits per heavy atom. The van der Waals surface area contributed by atoms with E-state index in [0.717, 1.165) is 5.56 Å². The lowest BCUT2D eigenvalue weighted by atomic mass is 10.2. The number of hydrogen-bond acceptors (Lipinski definition) is 5. The van der Waals surface area contributed by atoms with Crippen molar-refractivity contribution in [1.82, 2.24) is 9.97 Å². The number of nitrogens with zero attached hydrogens (tertiary/aromatic N) is 2. The second-order valence-electron chi connectivity index (χ2n) is 4.24. The van der Waals surface area contributed by atoms with Crippen molar-refractivity contribution in [3.8, 4) is 5.88 Å². The van der Waals surface area contributed by atoms with Crippen LogP contribution < -0.4 is 15.8 Å². The zero-order valence-electron chi connectivity index (χ0n) is 11.5. The molecule has 0 aliphatic carbocycles. The molecule has 3 N–H and O–H groups in total. The first kappa shape index (κ1) is 14.4. The number of nitrogen functional groups attached to an aromatic ring is 1. The minimum absolute atomic E-state index is 0.399. The molecule has 0 bridgehead atoms. The molecule has 20 heavy (non-hydrogen) atoms. The maximum Gasteiger partial charge on any atom is 0.242 e. The highest BCUT2D eigenvalue weighted by atomic mass is 35.5. The number of methoxy groups -OCH3 is 1. The van der Waals surface area contributed by atoms with E-state index in [2.05, 4.69) is 15.3 Å². The van der Waals surface area contributed by atoms with Crippen LogP contribution in [0.4, 0.5) is 11.5 Å². The van der Waals surface area contributed by atoms with Crippen molar-refractivity contribution >= 4 is 23.1 Å². The molecule has 0 amide bonds. The van der Waals surface area contributed by atoms with Crippen LogP contribution in [0.5, 0.6) is 5.88 Å². The summed E-state index contributed by atoms with van der Waals surface area (Å²) in [4.78, 5) is 8.60. The predicted molar refractivity (Wildman–Crippen MR) is 81.2 cm³/mol. The van der Waals surface area contributed by atoms with Crippen LogP contribution >= 0.6 is 11.6 Å². The molecular weight excluding hydrogens is 276 g/mol. The van der Waals surface area contributed by atoms with Crippen LogP contribution in [-0.2, 0) is 13.0 Å². The second kappa shape index (κ2) is 6.43. The molecule has 0 saturated heterocycles. The SMILES string of the molecule is CCc1nc(NCc2ccc(Cl)cc2)c(N)c(OC)n1. The molecule has 1 aromatic carbocycles. The van der Waals surface area contributed by atoms with Crippen molar-refractivity contribution in [1.29, 1.82) is 0 Å². The van der Waals surface area contributed by atoms with Gasteiger partial charge >= 0.3 is 0 Å². The number of aromatic nitrogens is 2. The van der Waals surface area contributed by atoms with Crippen LogP contribution in [0, 0.1) is 0 Å². The third-order valence-corrected chi connectivity index (χ3v) is 3.09. The fraction of sp³-hybridized carbons (Fsp3) is 0.286. The second-order valence-corrected chi connectivity index (χ2v) is 4.68. The van der Waals surface area contributed by atoms with E-state index in [-0.39, 0.29) is 0 Å². The quantitative estimate of drug-likeness (QED) is 0.886. The first-order valence-electron chi connectivity index (χ1n) is 6.32. The van der Waals surface area contributed by atoms with Gasteiger partial charge < -0.3 is 15.8 Å². The van der Waals surface area contributed by atoms with Crippen LogP contribution in [0.2, 0.25) is 5.02 Å². The fourth-order valence-corrected chi connectivity index (χ4v) is 1.86. The molecule has 5 nitrogen and oxygen atoms in total. The monoisotopic (exact) mass is 292 g/mol. The van der Waals surface area contributed by atoms with Crippen molar-refractivity contribution in [2.24, 2.45) is 0 Å². The Hall–Kier alpha value is -2.01. The maximum atomic E-state index is 5.97. The van der Waals surface area contributed by atoms with E-state index in [9.17, 15) is 0 Å². The van der Waals surface area contributed by atoms with Crippen molar-refractivity contribution in [2.45, 2.75) is 19.9 Å². The molecule has 106 valence electrons. The van der Waals surface area contributed by atoms with Crippen LogP contribution in [0.3, 0.4) is 0 Å². The van der Waals surface area contributed by atoms with Crippen LogP contribution in [0.1, 0.15) is 18.3 Å². The first-order valence-corrected chi connectivity index (χ1v) is 6.70. The number of benzene rings is 1. The minimum atomic E-state index is 0.399. The lowest BCUT2D eigenvalue weighted by Gasteiger charge is -2.12. The fourth-order valence-electron chi connectivity index (χ4n) is 1.73. The molecule has 0 aliphatic heterocycles. The van der Waals surface area contributed by atoms with Gasteiger partial charge in [0, 0.05) is 18.0 Å². The summed E-state index contributed by atoms with van der Waals surface area (Å²) >= 11 is 5.86. The van der Waals surface area contributed by atoms with E-state index in [1.54, 1.807) is 7.11 Å². The van der Waals surface area contributed by atoms with Gasteiger partial charge in [-0.15, -0.1) is 0 Å². The Balaban J connectivity index is 2.18. The number of hydrogen-bond donors (Lipinski definition) is 2. The van der Waals surface area contributed by atoms with E-state index in [1.807, 2.05) is 31.2 Å². The topological polar surface area (TPSA) is 73.1 Å². The Kier molecular flexibility index (Phi) is 4.63. The van der Waals surface area contributed by atoms with Crippen molar-refractivity contribution in [3.63, 3.8) is 0 Å². The van der Waals surface area contributed by atoms with E-state index in [1.165, 1.54) is 0 Å². The number of anilines is 2. The Labute approximate surface area is 123 Å². The molecule has 0 spiro atoms. The highest BCUT2D eigenvalue weighted by molar-refractivity contribution is 6.30. The standard InChI is InChI=1S/C14H17ClN4O/c1-3-11-18-13(12(16)14(19-11)20-2)17-8-9-4-6-10(15)7-5-9/h4-7H,3,8,16H2,1-2H3,(H,17,18,19). The number of aryl methyl sites for hydroxylation is 1. The molecule has 0 fully saturated rings. The summed E-state index contributed by atoms with van der Waals surface area (Å²) in [6, 6.07) is 7.59. The van der Waals surface area contributed by atoms with Gasteiger partial charge in [-0.3, -0.25) is 0 Å². The van der Waals surface area contributed by atoms with E-state index >= 15 is 0 Å². The zero-order chi connectivity index (χ0) is 14.5. The molecule has 6 heteroatoms. The number of ether oxygens (including phenoxy) is 1. The van der Waals surface area contributed by atoms with Gasteiger partial charge in [0.25, 0.3) is 0 Å². The van der Waals surface area contributed by atoms with Crippen molar-refractivity contribution in [2.75, 3.05) is 18.2 Å². The van der Waals surface area contributed by atoms with E-state index in [0.29, 0.717) is 41.2 Å². The Bertz CT molecular complexity index is 586. The van der Waals surface area contributed by atoms with Crippen LogP contribution in [-0.4, -0.2) is 17.1 Å². The highest BCUT2D eigenvalue weighted by Crippen LogP contribution is 2.26. The number of halogens is 1. The number of rotatable bonds is 5. The molecule has 2 rings (SSSR count). The largest absolute Gasteiger partial charge is 0.479 e. The zero-order valence-corrected chi connectivity index (χ0v) is 12.2. The number of nitrogens with two attached hydrogens (primary N) is 1. The van der Waals surface area contributed by atoms with E-state index < -0.39 is 0 Å². The van der Waals surface area contributed by atoms with Gasteiger partial charge in [0.2, 0.25) is 5.88 Å². The predicted octanol–water partition coefficient (Wildman–Crippen LogP) is 2.90. The molecule has 0 radical (unpaired) electrons. The summed E-state index contributed by atoms with van der Waals surface area (Å²) in [5.74, 6) is 1.67. The molecule has 1 heterocycles. The molecule has 1 aromatic heterocycles. The van der Waals surface area contributed by atoms with Gasteiger partial charge in [0.05, 0.1) is 7.11 Å². The summed E-state index contributed by atoms with van der Waals surface area (Å²) in [6.07, 6.45) is 0.715. The third kappa shape index (κ3) is 3.30. The van der Waals surface area contributed by atoms with Gasteiger partial charge in [-0.2, -0.15) is 4.98 Å². The van der Waals surface area contributed by atoms with Crippen molar-refractivity contribution < 1.29 is 4.74 Å². The summed E-state index contributed by atoms with van der Waals surface area (Å²) in [7, 11) is 1.54. The van der Waals surface area contributed by atoms with Gasteiger partial charge in [-0.05, 0) is 17.7 Å². The van der Waals surface area contributed by atoms with Gasteiger partial charge in [-0.25, -0.2) is 4.98 Å². The van der Waals surface area contributed by atoms with Crippen LogP contribution in [0.15, 0.2) is 24.3 Å². The summed E-state index contributed by atoms with van der Waals surface area (Å²) in [5, 5.41) is 3.91. The summed E-state index contributed by atoms with van der Waals surface area (Å²) < 4.78 is 5.16. The summed E-state index contributed by atoms with van der Waals surface area (Å²) in [5.41, 5.74) is 7.47. The highest BCUT2D eigenvalue weighted by Gasteiger charge is 2.11. The average molecular weight is 293 g/mol. The lowest BCUT2D eigenvalue weighted by Crippen LogP contribution is -2.09. The van der Waals surface area contributed by atoms with Crippen molar-refractivity contribution in [3.05, 3.63) is 40.7 Å². The molecular formula is C14H17ClN4O. The first-order chi connectivity index (χ1) is 9.63. The van der Waals surface area contributed by atoms with Crippen LogP contribution in [0.25, 0.3) is 0 Å². The smallest absolute Gasteiger partial charge is 0.242 e. The summed E-state index contributed by atoms with van der Waals surface area (Å²) in [6.45, 7) is 2.58. The normalized spacial score (nSPS) is 10.3. The number of nitrogens with one attached hydrogen (secondary N) is 1. The minimum Gasteiger partial charge on any atom is -0.479 e. The van der Waals surface area contributed by atoms with Gasteiger partial charge in [-0.1, -0.05) is 30.7 Å². The molecule has 0 atom stereocenters. The third-order valence-electron chi connectivity index (χ3n) is 2.84. The molecule has 0 aliphatic rings. The Morgan fingerprint density at radius 3 is 2.55 bits per heavy atom.